The van der Waals surface area contributed by atoms with Crippen LogP contribution in [-0.2, 0) is 24.2 Å². The molecule has 0 saturated heterocycles. The van der Waals surface area contributed by atoms with Gasteiger partial charge in [-0.2, -0.15) is 0 Å². The molecule has 0 aromatic carbocycles. The summed E-state index contributed by atoms with van der Waals surface area (Å²) in [5.74, 6) is 0.0314. The van der Waals surface area contributed by atoms with Gasteiger partial charge in [-0.15, -0.1) is 11.3 Å². The number of imidazole rings is 1. The molecule has 0 bridgehead atoms. The number of nitrogens with zero attached hydrogens (tertiary/aromatic N) is 2. The molecule has 100 valence electrons. The third-order valence-electron chi connectivity index (χ3n) is 3.21. The second-order valence-electron chi connectivity index (χ2n) is 4.49. The minimum Gasteiger partial charge on any atom is -0.354 e. The van der Waals surface area contributed by atoms with Crippen LogP contribution in [0.5, 0.6) is 0 Å². The zero-order chi connectivity index (χ0) is 13.1. The first-order valence-corrected chi connectivity index (χ1v) is 7.16. The highest BCUT2D eigenvalue weighted by Crippen LogP contribution is 2.12. The van der Waals surface area contributed by atoms with Crippen molar-refractivity contribution in [1.82, 2.24) is 25.6 Å². The van der Waals surface area contributed by atoms with Gasteiger partial charge in [-0.1, -0.05) is 0 Å². The second kappa shape index (κ2) is 5.50. The molecule has 0 radical (unpaired) electrons. The number of nitrogens with one attached hydrogen (secondary N) is 3. The molecule has 1 aliphatic rings. The molecule has 0 saturated carbocycles. The molecule has 1 atom stereocenters. The quantitative estimate of drug-likeness (QED) is 0.747. The van der Waals surface area contributed by atoms with Gasteiger partial charge in [0, 0.05) is 31.3 Å². The predicted octanol–water partition coefficient (Wildman–Crippen LogP) is 0.239. The van der Waals surface area contributed by atoms with Crippen LogP contribution in [0, 0.1) is 0 Å². The molecule has 3 N–H and O–H groups in total. The van der Waals surface area contributed by atoms with E-state index >= 15 is 0 Å². The zero-order valence-corrected chi connectivity index (χ0v) is 11.2. The maximum Gasteiger partial charge on any atom is 0.237 e. The van der Waals surface area contributed by atoms with Crippen molar-refractivity contribution in [2.75, 3.05) is 6.54 Å². The molecule has 2 aromatic heterocycles. The first-order chi connectivity index (χ1) is 9.33. The van der Waals surface area contributed by atoms with Crippen LogP contribution in [0.3, 0.4) is 0 Å². The second-order valence-corrected chi connectivity index (χ2v) is 5.20. The third kappa shape index (κ3) is 2.82. The lowest BCUT2D eigenvalue weighted by molar-refractivity contribution is -0.123. The van der Waals surface area contributed by atoms with E-state index in [1.165, 1.54) is 0 Å². The Hall–Kier alpha value is -1.73. The Morgan fingerprint density at radius 3 is 3.32 bits per heavy atom. The van der Waals surface area contributed by atoms with Crippen LogP contribution < -0.4 is 10.6 Å². The largest absolute Gasteiger partial charge is 0.354 e. The first kappa shape index (κ1) is 12.3. The van der Waals surface area contributed by atoms with Crippen LogP contribution in [0.25, 0.3) is 0 Å². The molecular formula is C12H15N5OS. The molecule has 0 aliphatic carbocycles. The summed E-state index contributed by atoms with van der Waals surface area (Å²) >= 11 is 1.57. The summed E-state index contributed by atoms with van der Waals surface area (Å²) in [6.07, 6.45) is 3.09. The van der Waals surface area contributed by atoms with Crippen molar-refractivity contribution in [1.29, 1.82) is 0 Å². The summed E-state index contributed by atoms with van der Waals surface area (Å²) in [4.78, 5) is 23.5. The number of carbonyl (C=O) groups is 1. The van der Waals surface area contributed by atoms with Crippen LogP contribution in [0.15, 0.2) is 17.2 Å². The third-order valence-corrected chi connectivity index (χ3v) is 3.85. The summed E-state index contributed by atoms with van der Waals surface area (Å²) in [7, 11) is 0. The highest BCUT2D eigenvalue weighted by Gasteiger charge is 2.25. The van der Waals surface area contributed by atoms with E-state index in [1.807, 2.05) is 5.38 Å². The first-order valence-electron chi connectivity index (χ1n) is 6.22. The standard InChI is InChI=1S/C12H15N5OS/c18-12(13-2-1-8-5-19-7-17-8)10-3-9-11(4-14-10)16-6-15-9/h5-7,10,14H,1-4H2,(H,13,18)(H,15,16). The molecule has 1 unspecified atom stereocenters. The Kier molecular flexibility index (Phi) is 3.56. The monoisotopic (exact) mass is 277 g/mol. The van der Waals surface area contributed by atoms with E-state index in [-0.39, 0.29) is 11.9 Å². The van der Waals surface area contributed by atoms with Gasteiger partial charge in [0.15, 0.2) is 0 Å². The Bertz CT molecular complexity index is 550. The Balaban J connectivity index is 1.49. The van der Waals surface area contributed by atoms with Crippen LogP contribution in [0.4, 0.5) is 0 Å². The Labute approximate surface area is 114 Å². The van der Waals surface area contributed by atoms with E-state index in [4.69, 9.17) is 0 Å². The number of hydrogen-bond donors (Lipinski definition) is 3. The number of aromatic amines is 1. The van der Waals surface area contributed by atoms with Crippen molar-refractivity contribution >= 4 is 17.2 Å². The van der Waals surface area contributed by atoms with Gasteiger partial charge in [0.05, 0.1) is 35.0 Å². The molecule has 0 fully saturated rings. The van der Waals surface area contributed by atoms with Gasteiger partial charge in [-0.05, 0) is 0 Å². The van der Waals surface area contributed by atoms with Gasteiger partial charge in [-0.25, -0.2) is 9.97 Å². The van der Waals surface area contributed by atoms with Crippen molar-refractivity contribution in [3.05, 3.63) is 34.3 Å². The van der Waals surface area contributed by atoms with Gasteiger partial charge in [0.1, 0.15) is 0 Å². The molecule has 7 heteroatoms. The number of amides is 1. The van der Waals surface area contributed by atoms with Crippen molar-refractivity contribution < 1.29 is 4.79 Å². The molecule has 0 spiro atoms. The molecule has 1 aliphatic heterocycles. The lowest BCUT2D eigenvalue weighted by atomic mass is 10.0. The average molecular weight is 277 g/mol. The van der Waals surface area contributed by atoms with Gasteiger partial charge in [0.25, 0.3) is 0 Å². The molecular weight excluding hydrogens is 262 g/mol. The molecule has 19 heavy (non-hydrogen) atoms. The van der Waals surface area contributed by atoms with Crippen molar-refractivity contribution in [2.24, 2.45) is 0 Å². The number of fused-ring (bicyclic) bond motifs is 1. The van der Waals surface area contributed by atoms with Crippen LogP contribution in [0.2, 0.25) is 0 Å². The van der Waals surface area contributed by atoms with Gasteiger partial charge >= 0.3 is 0 Å². The number of hydrogen-bond acceptors (Lipinski definition) is 5. The Morgan fingerprint density at radius 1 is 1.53 bits per heavy atom. The summed E-state index contributed by atoms with van der Waals surface area (Å²) in [5.41, 5.74) is 4.89. The normalized spacial score (nSPS) is 18.0. The van der Waals surface area contributed by atoms with Crippen molar-refractivity contribution in [3.63, 3.8) is 0 Å². The van der Waals surface area contributed by atoms with E-state index in [1.54, 1.807) is 23.2 Å². The maximum absolute atomic E-state index is 12.0. The highest BCUT2D eigenvalue weighted by atomic mass is 32.1. The van der Waals surface area contributed by atoms with Crippen LogP contribution >= 0.6 is 11.3 Å². The van der Waals surface area contributed by atoms with Gasteiger partial charge < -0.3 is 10.3 Å². The SMILES string of the molecule is O=C(NCCc1cscn1)C1Cc2nc[nH]c2CN1. The molecule has 2 aromatic rings. The smallest absolute Gasteiger partial charge is 0.237 e. The highest BCUT2D eigenvalue weighted by molar-refractivity contribution is 7.07. The fraction of sp³-hybridized carbons (Fsp3) is 0.417. The number of rotatable bonds is 4. The fourth-order valence-corrected chi connectivity index (χ4v) is 2.75. The number of H-pyrrole nitrogens is 1. The van der Waals surface area contributed by atoms with Gasteiger partial charge in [0.2, 0.25) is 5.91 Å². The minimum atomic E-state index is -0.189. The lowest BCUT2D eigenvalue weighted by Gasteiger charge is -2.22. The number of thiazole rings is 1. The topological polar surface area (TPSA) is 82.7 Å². The maximum atomic E-state index is 12.0. The molecule has 1 amide bonds. The number of aromatic nitrogens is 3. The van der Waals surface area contributed by atoms with Gasteiger partial charge in [-0.3, -0.25) is 10.1 Å². The van der Waals surface area contributed by atoms with E-state index in [2.05, 4.69) is 25.6 Å². The zero-order valence-electron chi connectivity index (χ0n) is 10.3. The Morgan fingerprint density at radius 2 is 2.47 bits per heavy atom. The fourth-order valence-electron chi connectivity index (χ4n) is 2.15. The van der Waals surface area contributed by atoms with Crippen LogP contribution in [-0.4, -0.2) is 33.4 Å². The predicted molar refractivity (Wildman–Crippen MR) is 71.7 cm³/mol. The molecule has 6 nitrogen and oxygen atoms in total. The van der Waals surface area contributed by atoms with E-state index in [9.17, 15) is 4.79 Å². The van der Waals surface area contributed by atoms with E-state index in [0.717, 1.165) is 23.5 Å². The van der Waals surface area contributed by atoms with E-state index < -0.39 is 0 Å². The number of carbonyl (C=O) groups excluding carboxylic acids is 1. The van der Waals surface area contributed by atoms with Crippen molar-refractivity contribution in [2.45, 2.75) is 25.4 Å². The average Bonchev–Trinajstić information content (AvgIpc) is 3.08. The van der Waals surface area contributed by atoms with E-state index in [0.29, 0.717) is 19.5 Å². The van der Waals surface area contributed by atoms with Crippen molar-refractivity contribution in [3.8, 4) is 0 Å². The summed E-state index contributed by atoms with van der Waals surface area (Å²) < 4.78 is 0. The minimum absolute atomic E-state index is 0.0314. The molecule has 3 heterocycles. The summed E-state index contributed by atoms with van der Waals surface area (Å²) in [6.45, 7) is 1.29. The molecule has 3 rings (SSSR count). The summed E-state index contributed by atoms with van der Waals surface area (Å²) in [6, 6.07) is -0.189. The van der Waals surface area contributed by atoms with Crippen LogP contribution in [0.1, 0.15) is 17.1 Å². The lowest BCUT2D eigenvalue weighted by Crippen LogP contribution is -2.48. The summed E-state index contributed by atoms with van der Waals surface area (Å²) in [5, 5.41) is 8.15.